The predicted octanol–water partition coefficient (Wildman–Crippen LogP) is -0.330. The quantitative estimate of drug-likeness (QED) is 0.724. The van der Waals surface area contributed by atoms with Gasteiger partial charge >= 0.3 is 0 Å². The number of hydrogen-bond acceptors (Lipinski definition) is 7. The zero-order valence-corrected chi connectivity index (χ0v) is 9.92. The van der Waals surface area contributed by atoms with E-state index in [2.05, 4.69) is 15.0 Å². The molecule has 2 N–H and O–H groups in total. The molecule has 1 aromatic heterocycles. The number of rotatable bonds is 3. The molecule has 0 aromatic carbocycles. The maximum absolute atomic E-state index is 5.56. The van der Waals surface area contributed by atoms with Crippen LogP contribution in [-0.2, 0) is 9.47 Å². The van der Waals surface area contributed by atoms with Crippen LogP contribution in [0.2, 0.25) is 0 Å². The number of anilines is 1. The van der Waals surface area contributed by atoms with Gasteiger partial charge in [0.2, 0.25) is 5.89 Å². The van der Waals surface area contributed by atoms with Crippen LogP contribution in [0.25, 0.3) is 0 Å². The van der Waals surface area contributed by atoms with Crippen molar-refractivity contribution in [1.29, 1.82) is 0 Å². The highest BCUT2D eigenvalue weighted by Gasteiger charge is 2.58. The van der Waals surface area contributed by atoms with Gasteiger partial charge in [0.15, 0.2) is 5.79 Å². The number of hydrogen-bond donors (Lipinski definition) is 1. The maximum atomic E-state index is 5.56. The molecule has 3 rings (SSSR count). The zero-order valence-electron chi connectivity index (χ0n) is 9.92. The summed E-state index contributed by atoms with van der Waals surface area (Å²) < 4.78 is 16.3. The molecule has 7 nitrogen and oxygen atoms in total. The summed E-state index contributed by atoms with van der Waals surface area (Å²) in [5, 5.41) is 3.64. The highest BCUT2D eigenvalue weighted by atomic mass is 16.7. The normalized spacial score (nSPS) is 34.4. The second-order valence-corrected chi connectivity index (χ2v) is 4.62. The fourth-order valence-corrected chi connectivity index (χ4v) is 3.05. The highest BCUT2D eigenvalue weighted by molar-refractivity contribution is 5.17. The van der Waals surface area contributed by atoms with E-state index >= 15 is 0 Å². The van der Waals surface area contributed by atoms with Crippen LogP contribution in [-0.4, -0.2) is 54.7 Å². The minimum atomic E-state index is -0.563. The van der Waals surface area contributed by atoms with E-state index in [4.69, 9.17) is 19.7 Å². The maximum Gasteiger partial charge on any atom is 0.260 e. The van der Waals surface area contributed by atoms with Crippen molar-refractivity contribution in [3.05, 3.63) is 5.89 Å². The van der Waals surface area contributed by atoms with Crippen LogP contribution in [0.5, 0.6) is 0 Å². The van der Waals surface area contributed by atoms with Crippen molar-refractivity contribution in [1.82, 2.24) is 15.0 Å². The molecule has 2 aliphatic rings. The van der Waals surface area contributed by atoms with Gasteiger partial charge in [-0.25, -0.2) is 0 Å². The first-order valence-corrected chi connectivity index (χ1v) is 5.60. The van der Waals surface area contributed by atoms with Gasteiger partial charge in [0.25, 0.3) is 5.95 Å². The van der Waals surface area contributed by atoms with E-state index in [1.807, 2.05) is 0 Å². The third kappa shape index (κ3) is 1.46. The van der Waals surface area contributed by atoms with Gasteiger partial charge in [0, 0.05) is 33.2 Å². The summed E-state index contributed by atoms with van der Waals surface area (Å²) in [4.78, 5) is 6.39. The average molecular weight is 240 g/mol. The topological polar surface area (TPSA) is 86.6 Å². The van der Waals surface area contributed by atoms with Crippen molar-refractivity contribution < 1.29 is 14.0 Å². The van der Waals surface area contributed by atoms with Crippen LogP contribution in [0.3, 0.4) is 0 Å². The number of nitrogens with zero attached hydrogens (tertiary/aromatic N) is 3. The van der Waals surface area contributed by atoms with Gasteiger partial charge in [-0.05, 0) is 5.16 Å². The first kappa shape index (κ1) is 10.9. The molecule has 17 heavy (non-hydrogen) atoms. The zero-order chi connectivity index (χ0) is 12.0. The Bertz CT molecular complexity index is 417. The minimum absolute atomic E-state index is 0.133. The number of piperidine rings is 1. The summed E-state index contributed by atoms with van der Waals surface area (Å²) in [6.07, 6.45) is 0. The lowest BCUT2D eigenvalue weighted by Crippen LogP contribution is -2.48. The van der Waals surface area contributed by atoms with Crippen LogP contribution in [0, 0.1) is 5.92 Å². The molecule has 0 amide bonds. The van der Waals surface area contributed by atoms with Crippen LogP contribution in [0.15, 0.2) is 4.52 Å². The number of aromatic nitrogens is 2. The van der Waals surface area contributed by atoms with Crippen LogP contribution >= 0.6 is 0 Å². The Balaban J connectivity index is 1.90. The summed E-state index contributed by atoms with van der Waals surface area (Å²) >= 11 is 0. The lowest BCUT2D eigenvalue weighted by molar-refractivity contribution is -0.232. The number of fused-ring (bicyclic) bond motifs is 2. The number of ether oxygens (including phenoxy) is 2. The van der Waals surface area contributed by atoms with E-state index in [9.17, 15) is 0 Å². The SMILES string of the molecule is COC1(OC)CN2CC(c3nc(N)no3)C1C2. The molecule has 2 bridgehead atoms. The van der Waals surface area contributed by atoms with Crippen LogP contribution in [0.4, 0.5) is 5.95 Å². The van der Waals surface area contributed by atoms with Gasteiger partial charge in [-0.3, -0.25) is 4.90 Å². The summed E-state index contributed by atoms with van der Waals surface area (Å²) in [5.41, 5.74) is 5.48. The number of methoxy groups -OCH3 is 2. The first-order chi connectivity index (χ1) is 8.18. The molecule has 2 aliphatic heterocycles. The fourth-order valence-electron chi connectivity index (χ4n) is 3.05. The molecule has 3 heterocycles. The summed E-state index contributed by atoms with van der Waals surface area (Å²) in [6, 6.07) is 0. The van der Waals surface area contributed by atoms with Crippen molar-refractivity contribution in [2.45, 2.75) is 11.7 Å². The molecule has 0 radical (unpaired) electrons. The Labute approximate surface area is 98.9 Å². The summed E-state index contributed by atoms with van der Waals surface area (Å²) in [5.74, 6) is 0.531. The van der Waals surface area contributed by atoms with Crippen molar-refractivity contribution in [3.63, 3.8) is 0 Å². The Morgan fingerprint density at radius 1 is 1.41 bits per heavy atom. The van der Waals surface area contributed by atoms with Gasteiger partial charge in [-0.2, -0.15) is 4.98 Å². The number of nitrogens with two attached hydrogens (primary N) is 1. The second-order valence-electron chi connectivity index (χ2n) is 4.62. The molecule has 3 unspecified atom stereocenters. The molecular formula is C10H16N4O3. The standard InChI is InChI=1S/C10H16N4O3/c1-15-10(16-2)5-14-3-6(7(10)4-14)8-12-9(11)13-17-8/h6-7H,3-5H2,1-2H3,(H2,11,13). The van der Waals surface area contributed by atoms with E-state index in [0.717, 1.165) is 19.6 Å². The van der Waals surface area contributed by atoms with E-state index in [1.54, 1.807) is 14.2 Å². The Morgan fingerprint density at radius 3 is 2.71 bits per heavy atom. The van der Waals surface area contributed by atoms with Crippen molar-refractivity contribution in [3.8, 4) is 0 Å². The number of nitrogen functional groups attached to an aromatic ring is 1. The van der Waals surface area contributed by atoms with Crippen LogP contribution < -0.4 is 5.73 Å². The molecule has 94 valence electrons. The lowest BCUT2D eigenvalue weighted by atomic mass is 9.87. The minimum Gasteiger partial charge on any atom is -0.365 e. The van der Waals surface area contributed by atoms with Crippen LogP contribution in [0.1, 0.15) is 11.8 Å². The Kier molecular flexibility index (Phi) is 2.35. The molecule has 2 fully saturated rings. The largest absolute Gasteiger partial charge is 0.365 e. The van der Waals surface area contributed by atoms with Gasteiger partial charge < -0.3 is 19.7 Å². The van der Waals surface area contributed by atoms with E-state index < -0.39 is 5.79 Å². The van der Waals surface area contributed by atoms with E-state index in [1.165, 1.54) is 0 Å². The van der Waals surface area contributed by atoms with Crippen molar-refractivity contribution in [2.75, 3.05) is 39.6 Å². The molecule has 2 saturated heterocycles. The Morgan fingerprint density at radius 2 is 2.18 bits per heavy atom. The molecular weight excluding hydrogens is 224 g/mol. The molecule has 3 atom stereocenters. The fraction of sp³-hybridized carbons (Fsp3) is 0.800. The first-order valence-electron chi connectivity index (χ1n) is 5.60. The third-order valence-electron chi connectivity index (χ3n) is 3.87. The molecule has 7 heteroatoms. The Hall–Kier alpha value is -1.18. The smallest absolute Gasteiger partial charge is 0.260 e. The van der Waals surface area contributed by atoms with Crippen molar-refractivity contribution in [2.24, 2.45) is 5.92 Å². The average Bonchev–Trinajstić information content (AvgIpc) is 3.01. The van der Waals surface area contributed by atoms with Gasteiger partial charge in [0.05, 0.1) is 12.5 Å². The molecule has 0 aliphatic carbocycles. The van der Waals surface area contributed by atoms with Gasteiger partial charge in [-0.15, -0.1) is 0 Å². The monoisotopic (exact) mass is 240 g/mol. The third-order valence-corrected chi connectivity index (χ3v) is 3.87. The lowest BCUT2D eigenvalue weighted by Gasteiger charge is -2.37. The molecule has 0 saturated carbocycles. The van der Waals surface area contributed by atoms with Crippen molar-refractivity contribution >= 4 is 5.95 Å². The van der Waals surface area contributed by atoms with Gasteiger partial charge in [0.1, 0.15) is 0 Å². The highest BCUT2D eigenvalue weighted by Crippen LogP contribution is 2.46. The summed E-state index contributed by atoms with van der Waals surface area (Å²) in [6.45, 7) is 2.60. The van der Waals surface area contributed by atoms with Gasteiger partial charge in [-0.1, -0.05) is 0 Å². The predicted molar refractivity (Wildman–Crippen MR) is 58.1 cm³/mol. The van der Waals surface area contributed by atoms with E-state index in [-0.39, 0.29) is 17.8 Å². The van der Waals surface area contributed by atoms with E-state index in [0.29, 0.717) is 5.89 Å². The second kappa shape index (κ2) is 3.66. The molecule has 1 aromatic rings. The summed E-state index contributed by atoms with van der Waals surface area (Å²) in [7, 11) is 3.34. The molecule has 0 spiro atoms.